The zero-order chi connectivity index (χ0) is 20.9. The Balaban J connectivity index is 0.00000320. The van der Waals surface area contributed by atoms with Crippen molar-refractivity contribution in [1.29, 1.82) is 0 Å². The summed E-state index contributed by atoms with van der Waals surface area (Å²) in [7, 11) is 0. The Bertz CT molecular complexity index is 847. The summed E-state index contributed by atoms with van der Waals surface area (Å²) in [5, 5.41) is 17.6. The number of furan rings is 1. The number of aliphatic imine (C=N–C) groups is 1. The van der Waals surface area contributed by atoms with Crippen LogP contribution in [0, 0.1) is 13.8 Å². The summed E-state index contributed by atoms with van der Waals surface area (Å²) in [6.45, 7) is 12.5. The first-order valence-electron chi connectivity index (χ1n) is 10.5. The summed E-state index contributed by atoms with van der Waals surface area (Å²) in [4.78, 5) is 7.08. The standard InChI is InChI=1S/C23H34N4O2.HI/c1-5-24-22(26-16-23(4,28)21-14-17(2)29-18(21)3)25-11-13-27-12-10-19-8-6-7-9-20(19)15-27;/h6-9,14,28H,5,10-13,15-16H2,1-4H3,(H2,24,25,26);1H. The lowest BCUT2D eigenvalue weighted by atomic mass is 9.96. The maximum atomic E-state index is 10.9. The zero-order valence-electron chi connectivity index (χ0n) is 18.5. The average Bonchev–Trinajstić information content (AvgIpc) is 3.05. The van der Waals surface area contributed by atoms with Crippen molar-refractivity contribution in [3.63, 3.8) is 0 Å². The van der Waals surface area contributed by atoms with Gasteiger partial charge in [0.15, 0.2) is 5.96 Å². The van der Waals surface area contributed by atoms with Gasteiger partial charge in [0.2, 0.25) is 0 Å². The second kappa shape index (κ2) is 11.2. The Morgan fingerprint density at radius 1 is 1.23 bits per heavy atom. The van der Waals surface area contributed by atoms with E-state index in [1.807, 2.05) is 26.8 Å². The van der Waals surface area contributed by atoms with Crippen molar-refractivity contribution in [2.24, 2.45) is 4.99 Å². The van der Waals surface area contributed by atoms with E-state index in [9.17, 15) is 5.11 Å². The Labute approximate surface area is 197 Å². The van der Waals surface area contributed by atoms with Crippen molar-refractivity contribution in [2.75, 3.05) is 32.7 Å². The molecule has 1 unspecified atom stereocenters. The monoisotopic (exact) mass is 526 g/mol. The molecule has 3 N–H and O–H groups in total. The molecule has 1 aliphatic rings. The average molecular weight is 526 g/mol. The van der Waals surface area contributed by atoms with E-state index >= 15 is 0 Å². The number of guanidine groups is 1. The van der Waals surface area contributed by atoms with Gasteiger partial charge in [-0.1, -0.05) is 24.3 Å². The number of benzene rings is 1. The lowest BCUT2D eigenvalue weighted by molar-refractivity contribution is 0.0657. The van der Waals surface area contributed by atoms with Gasteiger partial charge in [0, 0.05) is 38.3 Å². The van der Waals surface area contributed by atoms with E-state index in [2.05, 4.69) is 44.8 Å². The summed E-state index contributed by atoms with van der Waals surface area (Å²) in [5.74, 6) is 2.27. The predicted octanol–water partition coefficient (Wildman–Crippen LogP) is 3.34. The van der Waals surface area contributed by atoms with E-state index in [4.69, 9.17) is 4.42 Å². The highest BCUT2D eigenvalue weighted by molar-refractivity contribution is 14.0. The van der Waals surface area contributed by atoms with E-state index in [-0.39, 0.29) is 30.5 Å². The molecule has 6 nitrogen and oxygen atoms in total. The largest absolute Gasteiger partial charge is 0.466 e. The van der Waals surface area contributed by atoms with Gasteiger partial charge in [0.05, 0.1) is 6.54 Å². The number of rotatable bonds is 7. The molecule has 2 heterocycles. The van der Waals surface area contributed by atoms with E-state index in [1.54, 1.807) is 6.92 Å². The SMILES string of the molecule is CCNC(=NCC(C)(O)c1cc(C)oc1C)NCCN1CCc2ccccc2C1.I. The third kappa shape index (κ3) is 6.46. The molecule has 7 heteroatoms. The Morgan fingerprint density at radius 3 is 2.63 bits per heavy atom. The fourth-order valence-electron chi connectivity index (χ4n) is 3.90. The van der Waals surface area contributed by atoms with Crippen LogP contribution in [0.1, 0.15) is 42.1 Å². The number of aryl methyl sites for hydroxylation is 2. The first-order chi connectivity index (χ1) is 13.9. The molecule has 1 aromatic heterocycles. The van der Waals surface area contributed by atoms with Crippen molar-refractivity contribution in [3.8, 4) is 0 Å². The molecule has 0 aliphatic carbocycles. The summed E-state index contributed by atoms with van der Waals surface area (Å²) in [6.07, 6.45) is 1.11. The van der Waals surface area contributed by atoms with Crippen LogP contribution in [0.2, 0.25) is 0 Å². The van der Waals surface area contributed by atoms with Crippen molar-refractivity contribution < 1.29 is 9.52 Å². The van der Waals surface area contributed by atoms with Crippen molar-refractivity contribution in [3.05, 3.63) is 58.5 Å². The van der Waals surface area contributed by atoms with Gasteiger partial charge < -0.3 is 20.2 Å². The topological polar surface area (TPSA) is 73.0 Å². The highest BCUT2D eigenvalue weighted by atomic mass is 127. The van der Waals surface area contributed by atoms with Gasteiger partial charge >= 0.3 is 0 Å². The van der Waals surface area contributed by atoms with Gasteiger partial charge in [-0.3, -0.25) is 4.90 Å². The molecule has 0 amide bonds. The molecule has 0 radical (unpaired) electrons. The molecular formula is C23H35IN4O2. The van der Waals surface area contributed by atoms with Crippen molar-refractivity contribution >= 4 is 29.9 Å². The minimum absolute atomic E-state index is 0. The fraction of sp³-hybridized carbons (Fsp3) is 0.522. The Kier molecular flexibility index (Phi) is 9.18. The van der Waals surface area contributed by atoms with Gasteiger partial charge in [-0.15, -0.1) is 24.0 Å². The maximum absolute atomic E-state index is 10.9. The van der Waals surface area contributed by atoms with E-state index < -0.39 is 5.60 Å². The molecule has 1 aromatic carbocycles. The lowest BCUT2D eigenvalue weighted by Gasteiger charge is -2.29. The van der Waals surface area contributed by atoms with Gasteiger partial charge in [-0.05, 0) is 51.3 Å². The zero-order valence-corrected chi connectivity index (χ0v) is 20.8. The molecule has 0 saturated carbocycles. The predicted molar refractivity (Wildman–Crippen MR) is 133 cm³/mol. The van der Waals surface area contributed by atoms with Crippen molar-refractivity contribution in [2.45, 2.75) is 46.3 Å². The highest BCUT2D eigenvalue weighted by Crippen LogP contribution is 2.27. The number of fused-ring (bicyclic) bond motifs is 1. The lowest BCUT2D eigenvalue weighted by Crippen LogP contribution is -2.43. The summed E-state index contributed by atoms with van der Waals surface area (Å²) >= 11 is 0. The normalized spacial score (nSPS) is 16.4. The molecule has 0 spiro atoms. The van der Waals surface area contributed by atoms with Crippen LogP contribution in [0.15, 0.2) is 39.7 Å². The van der Waals surface area contributed by atoms with Crippen LogP contribution in [-0.2, 0) is 18.6 Å². The molecule has 1 atom stereocenters. The summed E-state index contributed by atoms with van der Waals surface area (Å²) in [6, 6.07) is 10.6. The number of aliphatic hydroxyl groups is 1. The molecule has 0 saturated heterocycles. The highest BCUT2D eigenvalue weighted by Gasteiger charge is 2.27. The van der Waals surface area contributed by atoms with Gasteiger partial charge in [0.25, 0.3) is 0 Å². The Morgan fingerprint density at radius 2 is 1.97 bits per heavy atom. The quantitative estimate of drug-likeness (QED) is 0.293. The second-order valence-electron chi connectivity index (χ2n) is 8.02. The third-order valence-corrected chi connectivity index (χ3v) is 5.44. The third-order valence-electron chi connectivity index (χ3n) is 5.44. The van der Waals surface area contributed by atoms with E-state index in [0.717, 1.165) is 62.2 Å². The first-order valence-corrected chi connectivity index (χ1v) is 10.5. The van der Waals surface area contributed by atoms with Crippen LogP contribution < -0.4 is 10.6 Å². The number of nitrogens with one attached hydrogen (secondary N) is 2. The van der Waals surface area contributed by atoms with Crippen LogP contribution in [0.4, 0.5) is 0 Å². The molecule has 3 rings (SSSR count). The minimum Gasteiger partial charge on any atom is -0.466 e. The molecule has 2 aromatic rings. The molecule has 30 heavy (non-hydrogen) atoms. The van der Waals surface area contributed by atoms with Crippen molar-refractivity contribution in [1.82, 2.24) is 15.5 Å². The van der Waals surface area contributed by atoms with Crippen LogP contribution in [0.25, 0.3) is 0 Å². The smallest absolute Gasteiger partial charge is 0.191 e. The fourth-order valence-corrected chi connectivity index (χ4v) is 3.90. The first kappa shape index (κ1) is 24.7. The van der Waals surface area contributed by atoms with Gasteiger partial charge in [0.1, 0.15) is 17.1 Å². The van der Waals surface area contributed by atoms with E-state index in [1.165, 1.54) is 11.1 Å². The van der Waals surface area contributed by atoms with E-state index in [0.29, 0.717) is 0 Å². The molecule has 166 valence electrons. The number of hydrogen-bond acceptors (Lipinski definition) is 4. The minimum atomic E-state index is -1.07. The second-order valence-corrected chi connectivity index (χ2v) is 8.02. The molecular weight excluding hydrogens is 491 g/mol. The Hall–Kier alpha value is -1.58. The molecule has 0 fully saturated rings. The van der Waals surface area contributed by atoms with Gasteiger partial charge in [-0.25, -0.2) is 4.99 Å². The summed E-state index contributed by atoms with van der Waals surface area (Å²) in [5.41, 5.74) is 2.63. The number of hydrogen-bond donors (Lipinski definition) is 3. The summed E-state index contributed by atoms with van der Waals surface area (Å²) < 4.78 is 5.57. The number of nitrogens with zero attached hydrogens (tertiary/aromatic N) is 2. The molecule has 0 bridgehead atoms. The number of halogens is 1. The van der Waals surface area contributed by atoms with Crippen LogP contribution in [0.5, 0.6) is 0 Å². The van der Waals surface area contributed by atoms with Crippen LogP contribution in [0.3, 0.4) is 0 Å². The molecule has 1 aliphatic heterocycles. The van der Waals surface area contributed by atoms with Crippen LogP contribution >= 0.6 is 24.0 Å². The maximum Gasteiger partial charge on any atom is 0.191 e. The van der Waals surface area contributed by atoms with Gasteiger partial charge in [-0.2, -0.15) is 0 Å². The van der Waals surface area contributed by atoms with Crippen LogP contribution in [-0.4, -0.2) is 48.7 Å².